The Morgan fingerprint density at radius 3 is 2.64 bits per heavy atom. The molecule has 1 N–H and O–H groups in total. The fraction of sp³-hybridized carbons (Fsp3) is 0.727. The fourth-order valence-corrected chi connectivity index (χ4v) is 2.65. The van der Waals surface area contributed by atoms with Crippen molar-refractivity contribution in [1.29, 1.82) is 0 Å². The monoisotopic (exact) mass is 210 g/mol. The highest BCUT2D eigenvalue weighted by atomic mass is 32.1. The SMILES string of the molecule is Cc1nc(CC2(C(C)C)CNC2)cs1. The summed E-state index contributed by atoms with van der Waals surface area (Å²) in [6.45, 7) is 9.03. The molecule has 1 saturated heterocycles. The minimum absolute atomic E-state index is 0.473. The van der Waals surface area contributed by atoms with Crippen molar-refractivity contribution in [3.05, 3.63) is 16.1 Å². The van der Waals surface area contributed by atoms with Crippen LogP contribution >= 0.6 is 11.3 Å². The summed E-state index contributed by atoms with van der Waals surface area (Å²) in [7, 11) is 0. The average Bonchev–Trinajstić information content (AvgIpc) is 2.43. The van der Waals surface area contributed by atoms with E-state index in [0.717, 1.165) is 25.4 Å². The third-order valence-electron chi connectivity index (χ3n) is 3.38. The van der Waals surface area contributed by atoms with Gasteiger partial charge in [-0.1, -0.05) is 13.8 Å². The number of hydrogen-bond acceptors (Lipinski definition) is 3. The second-order valence-corrected chi connectivity index (χ2v) is 5.72. The van der Waals surface area contributed by atoms with Crippen LogP contribution in [0.3, 0.4) is 0 Å². The molecule has 78 valence electrons. The smallest absolute Gasteiger partial charge is 0.0897 e. The zero-order valence-corrected chi connectivity index (χ0v) is 9.95. The van der Waals surface area contributed by atoms with E-state index in [1.807, 2.05) is 0 Å². The zero-order chi connectivity index (χ0) is 10.2. The molecule has 0 unspecified atom stereocenters. The van der Waals surface area contributed by atoms with Crippen molar-refractivity contribution in [2.45, 2.75) is 27.2 Å². The van der Waals surface area contributed by atoms with Crippen molar-refractivity contribution in [1.82, 2.24) is 10.3 Å². The third kappa shape index (κ3) is 1.71. The Labute approximate surface area is 89.8 Å². The normalized spacial score (nSPS) is 19.7. The Kier molecular flexibility index (Phi) is 2.62. The molecule has 0 aromatic carbocycles. The quantitative estimate of drug-likeness (QED) is 0.827. The van der Waals surface area contributed by atoms with Gasteiger partial charge in [-0.2, -0.15) is 0 Å². The lowest BCUT2D eigenvalue weighted by atomic mass is 9.69. The van der Waals surface area contributed by atoms with Gasteiger partial charge in [-0.25, -0.2) is 4.98 Å². The Balaban J connectivity index is 2.08. The van der Waals surface area contributed by atoms with Gasteiger partial charge in [0.2, 0.25) is 0 Å². The fourth-order valence-electron chi connectivity index (χ4n) is 2.03. The van der Waals surface area contributed by atoms with Gasteiger partial charge in [-0.3, -0.25) is 0 Å². The van der Waals surface area contributed by atoms with Gasteiger partial charge in [0.1, 0.15) is 0 Å². The summed E-state index contributed by atoms with van der Waals surface area (Å²) in [5, 5.41) is 6.78. The lowest BCUT2D eigenvalue weighted by Crippen LogP contribution is -2.57. The highest BCUT2D eigenvalue weighted by Crippen LogP contribution is 2.35. The maximum absolute atomic E-state index is 4.55. The molecule has 1 fully saturated rings. The molecule has 1 aromatic rings. The predicted octanol–water partition coefficient (Wildman–Crippen LogP) is 2.24. The van der Waals surface area contributed by atoms with Crippen LogP contribution in [-0.4, -0.2) is 18.1 Å². The first kappa shape index (κ1) is 10.1. The van der Waals surface area contributed by atoms with E-state index in [-0.39, 0.29) is 0 Å². The van der Waals surface area contributed by atoms with E-state index < -0.39 is 0 Å². The van der Waals surface area contributed by atoms with Crippen LogP contribution in [0.4, 0.5) is 0 Å². The molecule has 1 aromatic heterocycles. The molecule has 1 aliphatic heterocycles. The Morgan fingerprint density at radius 2 is 2.29 bits per heavy atom. The number of aryl methyl sites for hydroxylation is 1. The van der Waals surface area contributed by atoms with Crippen LogP contribution in [-0.2, 0) is 6.42 Å². The Bertz CT molecular complexity index is 313. The van der Waals surface area contributed by atoms with Crippen LogP contribution in [0.25, 0.3) is 0 Å². The largest absolute Gasteiger partial charge is 0.315 e. The molecule has 0 radical (unpaired) electrons. The van der Waals surface area contributed by atoms with Gasteiger partial charge >= 0.3 is 0 Å². The summed E-state index contributed by atoms with van der Waals surface area (Å²) in [6.07, 6.45) is 1.14. The molecule has 0 bridgehead atoms. The summed E-state index contributed by atoms with van der Waals surface area (Å²) in [5.74, 6) is 0.741. The van der Waals surface area contributed by atoms with Crippen LogP contribution in [0, 0.1) is 18.3 Å². The summed E-state index contributed by atoms with van der Waals surface area (Å²) in [4.78, 5) is 4.55. The standard InChI is InChI=1S/C11H18N2S/c1-8(2)11(6-12-7-11)4-10-5-14-9(3)13-10/h5,8,12H,4,6-7H2,1-3H3. The number of nitrogens with zero attached hydrogens (tertiary/aromatic N) is 1. The summed E-state index contributed by atoms with van der Waals surface area (Å²) < 4.78 is 0. The Hall–Kier alpha value is -0.410. The number of hydrogen-bond donors (Lipinski definition) is 1. The van der Waals surface area contributed by atoms with E-state index in [4.69, 9.17) is 0 Å². The second kappa shape index (κ2) is 3.63. The predicted molar refractivity (Wildman–Crippen MR) is 60.7 cm³/mol. The summed E-state index contributed by atoms with van der Waals surface area (Å²) in [6, 6.07) is 0. The van der Waals surface area contributed by atoms with Crippen LogP contribution in [0.2, 0.25) is 0 Å². The highest BCUT2D eigenvalue weighted by molar-refractivity contribution is 7.09. The minimum Gasteiger partial charge on any atom is -0.315 e. The van der Waals surface area contributed by atoms with Gasteiger partial charge in [0.25, 0.3) is 0 Å². The van der Waals surface area contributed by atoms with Crippen molar-refractivity contribution in [3.63, 3.8) is 0 Å². The van der Waals surface area contributed by atoms with Crippen LogP contribution < -0.4 is 5.32 Å². The third-order valence-corrected chi connectivity index (χ3v) is 4.20. The molecule has 2 rings (SSSR count). The van der Waals surface area contributed by atoms with Gasteiger partial charge in [0.15, 0.2) is 0 Å². The molecule has 2 heterocycles. The minimum atomic E-state index is 0.473. The van der Waals surface area contributed by atoms with Crippen molar-refractivity contribution in [2.75, 3.05) is 13.1 Å². The summed E-state index contributed by atoms with van der Waals surface area (Å²) in [5.41, 5.74) is 1.75. The summed E-state index contributed by atoms with van der Waals surface area (Å²) >= 11 is 1.76. The Morgan fingerprint density at radius 1 is 1.57 bits per heavy atom. The van der Waals surface area contributed by atoms with Gasteiger partial charge in [0, 0.05) is 23.9 Å². The van der Waals surface area contributed by atoms with E-state index in [1.54, 1.807) is 11.3 Å². The van der Waals surface area contributed by atoms with Crippen molar-refractivity contribution in [2.24, 2.45) is 11.3 Å². The van der Waals surface area contributed by atoms with E-state index in [2.05, 4.69) is 36.5 Å². The van der Waals surface area contributed by atoms with E-state index in [9.17, 15) is 0 Å². The number of nitrogens with one attached hydrogen (secondary N) is 1. The highest BCUT2D eigenvalue weighted by Gasteiger charge is 2.40. The van der Waals surface area contributed by atoms with Gasteiger partial charge in [-0.05, 0) is 19.3 Å². The molecular weight excluding hydrogens is 192 g/mol. The number of aromatic nitrogens is 1. The maximum Gasteiger partial charge on any atom is 0.0897 e. The molecular formula is C11H18N2S. The van der Waals surface area contributed by atoms with Gasteiger partial charge in [0.05, 0.1) is 10.7 Å². The lowest BCUT2D eigenvalue weighted by Gasteiger charge is -2.46. The maximum atomic E-state index is 4.55. The van der Waals surface area contributed by atoms with Crippen LogP contribution in [0.1, 0.15) is 24.5 Å². The van der Waals surface area contributed by atoms with Crippen molar-refractivity contribution >= 4 is 11.3 Å². The zero-order valence-electron chi connectivity index (χ0n) is 9.13. The second-order valence-electron chi connectivity index (χ2n) is 4.66. The first-order valence-corrected chi connectivity index (χ1v) is 6.12. The van der Waals surface area contributed by atoms with Gasteiger partial charge < -0.3 is 5.32 Å². The van der Waals surface area contributed by atoms with E-state index >= 15 is 0 Å². The molecule has 0 spiro atoms. The van der Waals surface area contributed by atoms with E-state index in [0.29, 0.717) is 5.41 Å². The molecule has 0 aliphatic carbocycles. The lowest BCUT2D eigenvalue weighted by molar-refractivity contribution is 0.0983. The first-order valence-electron chi connectivity index (χ1n) is 5.24. The number of rotatable bonds is 3. The van der Waals surface area contributed by atoms with E-state index in [1.165, 1.54) is 10.7 Å². The van der Waals surface area contributed by atoms with Gasteiger partial charge in [-0.15, -0.1) is 11.3 Å². The van der Waals surface area contributed by atoms with Crippen molar-refractivity contribution in [3.8, 4) is 0 Å². The molecule has 2 nitrogen and oxygen atoms in total. The molecule has 0 amide bonds. The van der Waals surface area contributed by atoms with Crippen LogP contribution in [0.15, 0.2) is 5.38 Å². The van der Waals surface area contributed by atoms with Crippen LogP contribution in [0.5, 0.6) is 0 Å². The topological polar surface area (TPSA) is 24.9 Å². The first-order chi connectivity index (χ1) is 6.62. The van der Waals surface area contributed by atoms with Crippen molar-refractivity contribution < 1.29 is 0 Å². The molecule has 14 heavy (non-hydrogen) atoms. The molecule has 0 atom stereocenters. The molecule has 3 heteroatoms. The average molecular weight is 210 g/mol. The molecule has 0 saturated carbocycles. The number of thiazole rings is 1. The molecule has 1 aliphatic rings.